The number of amides is 2. The molecule has 106 valence electrons. The summed E-state index contributed by atoms with van der Waals surface area (Å²) in [6.45, 7) is 6.18. The van der Waals surface area contributed by atoms with Crippen molar-refractivity contribution in [1.29, 1.82) is 0 Å². The van der Waals surface area contributed by atoms with Gasteiger partial charge in [0.15, 0.2) is 5.82 Å². The molecule has 0 aliphatic carbocycles. The first-order valence-corrected chi connectivity index (χ1v) is 6.97. The van der Waals surface area contributed by atoms with E-state index in [2.05, 4.69) is 29.4 Å². The molecule has 6 nitrogen and oxygen atoms in total. The maximum absolute atomic E-state index is 12.4. The Morgan fingerprint density at radius 3 is 2.89 bits per heavy atom. The predicted molar refractivity (Wildman–Crippen MR) is 72.6 cm³/mol. The number of carbonyl (C=O) groups is 1. The van der Waals surface area contributed by atoms with Gasteiger partial charge in [-0.25, -0.2) is 4.79 Å². The molecule has 1 aromatic heterocycles. The summed E-state index contributed by atoms with van der Waals surface area (Å²) in [6, 6.07) is 0.552. The SMILES string of the molecule is CCC1CCC(C)N1C(=O)NC(C)c1nncn1C. The second-order valence-electron chi connectivity index (χ2n) is 5.37. The van der Waals surface area contributed by atoms with Crippen LogP contribution >= 0.6 is 0 Å². The van der Waals surface area contributed by atoms with Gasteiger partial charge < -0.3 is 14.8 Å². The lowest BCUT2D eigenvalue weighted by Gasteiger charge is -2.29. The smallest absolute Gasteiger partial charge is 0.318 e. The van der Waals surface area contributed by atoms with Gasteiger partial charge in [0.05, 0.1) is 6.04 Å². The molecule has 1 N–H and O–H groups in total. The largest absolute Gasteiger partial charge is 0.328 e. The topological polar surface area (TPSA) is 63.1 Å². The molecule has 3 unspecified atom stereocenters. The summed E-state index contributed by atoms with van der Waals surface area (Å²) < 4.78 is 1.83. The van der Waals surface area contributed by atoms with E-state index >= 15 is 0 Å². The second kappa shape index (κ2) is 5.59. The van der Waals surface area contributed by atoms with E-state index in [1.54, 1.807) is 6.33 Å². The molecule has 2 rings (SSSR count). The van der Waals surface area contributed by atoms with Gasteiger partial charge in [0.25, 0.3) is 0 Å². The van der Waals surface area contributed by atoms with E-state index < -0.39 is 0 Å². The summed E-state index contributed by atoms with van der Waals surface area (Å²) in [5.41, 5.74) is 0. The van der Waals surface area contributed by atoms with E-state index in [9.17, 15) is 4.79 Å². The average Bonchev–Trinajstić information content (AvgIpc) is 2.94. The van der Waals surface area contributed by atoms with E-state index in [1.165, 1.54) is 0 Å². The van der Waals surface area contributed by atoms with Crippen LogP contribution in [0.3, 0.4) is 0 Å². The fourth-order valence-electron chi connectivity index (χ4n) is 2.85. The first-order chi connectivity index (χ1) is 9.04. The first kappa shape index (κ1) is 13.8. The van der Waals surface area contributed by atoms with Crippen LogP contribution in [0.15, 0.2) is 6.33 Å². The zero-order valence-corrected chi connectivity index (χ0v) is 12.1. The van der Waals surface area contributed by atoms with Gasteiger partial charge in [-0.3, -0.25) is 0 Å². The van der Waals surface area contributed by atoms with Gasteiger partial charge in [-0.05, 0) is 33.1 Å². The highest BCUT2D eigenvalue weighted by atomic mass is 16.2. The van der Waals surface area contributed by atoms with Crippen LogP contribution in [-0.4, -0.2) is 37.8 Å². The van der Waals surface area contributed by atoms with Crippen LogP contribution in [0, 0.1) is 0 Å². The summed E-state index contributed by atoms with van der Waals surface area (Å²) in [5, 5.41) is 10.9. The van der Waals surface area contributed by atoms with Gasteiger partial charge in [-0.2, -0.15) is 0 Å². The molecular weight excluding hydrogens is 242 g/mol. The Morgan fingerprint density at radius 2 is 2.32 bits per heavy atom. The minimum atomic E-state index is -0.134. The van der Waals surface area contributed by atoms with Crippen LogP contribution in [0.25, 0.3) is 0 Å². The van der Waals surface area contributed by atoms with Gasteiger partial charge in [-0.1, -0.05) is 6.92 Å². The molecule has 2 heterocycles. The van der Waals surface area contributed by atoms with Crippen molar-refractivity contribution >= 4 is 6.03 Å². The third-order valence-electron chi connectivity index (χ3n) is 3.97. The highest BCUT2D eigenvalue weighted by Gasteiger charge is 2.33. The molecule has 1 aliphatic heterocycles. The minimum absolute atomic E-state index is 0.00681. The maximum Gasteiger partial charge on any atom is 0.318 e. The van der Waals surface area contributed by atoms with E-state index in [-0.39, 0.29) is 12.1 Å². The molecule has 0 spiro atoms. The summed E-state index contributed by atoms with van der Waals surface area (Å²) in [4.78, 5) is 14.4. The summed E-state index contributed by atoms with van der Waals surface area (Å²) in [6.07, 6.45) is 4.84. The zero-order valence-electron chi connectivity index (χ0n) is 12.1. The van der Waals surface area contributed by atoms with Gasteiger partial charge in [0, 0.05) is 19.1 Å². The molecule has 1 saturated heterocycles. The van der Waals surface area contributed by atoms with E-state index in [1.807, 2.05) is 23.4 Å². The second-order valence-corrected chi connectivity index (χ2v) is 5.37. The maximum atomic E-state index is 12.4. The Bertz CT molecular complexity index is 444. The molecule has 3 atom stereocenters. The predicted octanol–water partition coefficient (Wildman–Crippen LogP) is 1.85. The number of nitrogens with zero attached hydrogens (tertiary/aromatic N) is 4. The van der Waals surface area contributed by atoms with E-state index in [4.69, 9.17) is 0 Å². The molecule has 6 heteroatoms. The van der Waals surface area contributed by atoms with Crippen molar-refractivity contribution in [2.24, 2.45) is 7.05 Å². The van der Waals surface area contributed by atoms with E-state index in [0.29, 0.717) is 12.1 Å². The van der Waals surface area contributed by atoms with Crippen molar-refractivity contribution in [2.75, 3.05) is 0 Å². The lowest BCUT2D eigenvalue weighted by atomic mass is 10.2. The Hall–Kier alpha value is -1.59. The normalized spacial score (nSPS) is 24.5. The van der Waals surface area contributed by atoms with Gasteiger partial charge in [0.1, 0.15) is 6.33 Å². The van der Waals surface area contributed by atoms with Crippen LogP contribution in [0.5, 0.6) is 0 Å². The Balaban J connectivity index is 2.02. The fourth-order valence-corrected chi connectivity index (χ4v) is 2.85. The number of hydrogen-bond donors (Lipinski definition) is 1. The fraction of sp³-hybridized carbons (Fsp3) is 0.769. The van der Waals surface area contributed by atoms with Crippen LogP contribution in [0.1, 0.15) is 51.9 Å². The quantitative estimate of drug-likeness (QED) is 0.907. The average molecular weight is 265 g/mol. The number of aromatic nitrogens is 3. The summed E-state index contributed by atoms with van der Waals surface area (Å²) in [5.74, 6) is 0.772. The van der Waals surface area contributed by atoms with Crippen molar-refractivity contribution in [3.05, 3.63) is 12.2 Å². The highest BCUT2D eigenvalue weighted by Crippen LogP contribution is 2.26. The number of hydrogen-bond acceptors (Lipinski definition) is 3. The monoisotopic (exact) mass is 265 g/mol. The number of likely N-dealkylation sites (tertiary alicyclic amines) is 1. The number of urea groups is 1. The molecular formula is C13H23N5O. The zero-order chi connectivity index (χ0) is 14.0. The lowest BCUT2D eigenvalue weighted by molar-refractivity contribution is 0.171. The van der Waals surface area contributed by atoms with Gasteiger partial charge >= 0.3 is 6.03 Å². The number of nitrogens with one attached hydrogen (secondary N) is 1. The Kier molecular flexibility index (Phi) is 4.07. The van der Waals surface area contributed by atoms with Crippen molar-refractivity contribution in [3.63, 3.8) is 0 Å². The summed E-state index contributed by atoms with van der Waals surface area (Å²) >= 11 is 0. The van der Waals surface area contributed by atoms with Gasteiger partial charge in [0.2, 0.25) is 0 Å². The minimum Gasteiger partial charge on any atom is -0.328 e. The number of carbonyl (C=O) groups excluding carboxylic acids is 1. The summed E-state index contributed by atoms with van der Waals surface area (Å²) in [7, 11) is 1.88. The molecule has 1 aromatic rings. The van der Waals surface area contributed by atoms with Crippen molar-refractivity contribution in [3.8, 4) is 0 Å². The first-order valence-electron chi connectivity index (χ1n) is 6.97. The Labute approximate surface area is 114 Å². The van der Waals surface area contributed by atoms with Crippen molar-refractivity contribution in [2.45, 2.75) is 58.2 Å². The third kappa shape index (κ3) is 2.72. The molecule has 1 fully saturated rings. The molecule has 0 bridgehead atoms. The number of rotatable bonds is 3. The highest BCUT2D eigenvalue weighted by molar-refractivity contribution is 5.75. The molecule has 0 aromatic carbocycles. The lowest BCUT2D eigenvalue weighted by Crippen LogP contribution is -2.46. The van der Waals surface area contributed by atoms with Crippen LogP contribution in [0.2, 0.25) is 0 Å². The standard InChI is InChI=1S/C13H23N5O/c1-5-11-7-6-9(2)18(11)13(19)15-10(3)12-16-14-8-17(12)4/h8-11H,5-7H2,1-4H3,(H,15,19). The molecule has 19 heavy (non-hydrogen) atoms. The molecule has 0 radical (unpaired) electrons. The van der Waals surface area contributed by atoms with Crippen LogP contribution in [-0.2, 0) is 7.05 Å². The number of aryl methyl sites for hydroxylation is 1. The van der Waals surface area contributed by atoms with E-state index in [0.717, 1.165) is 25.1 Å². The molecule has 0 saturated carbocycles. The third-order valence-corrected chi connectivity index (χ3v) is 3.97. The Morgan fingerprint density at radius 1 is 1.58 bits per heavy atom. The molecule has 2 amide bonds. The van der Waals surface area contributed by atoms with Crippen LogP contribution < -0.4 is 5.32 Å². The molecule has 1 aliphatic rings. The van der Waals surface area contributed by atoms with Gasteiger partial charge in [-0.15, -0.1) is 10.2 Å². The van der Waals surface area contributed by atoms with Crippen LogP contribution in [0.4, 0.5) is 4.79 Å². The van der Waals surface area contributed by atoms with Crippen molar-refractivity contribution < 1.29 is 4.79 Å². The van der Waals surface area contributed by atoms with Crippen molar-refractivity contribution in [1.82, 2.24) is 25.0 Å².